The molecule has 0 saturated carbocycles. The van der Waals surface area contributed by atoms with Crippen LogP contribution in [0.5, 0.6) is 0 Å². The van der Waals surface area contributed by atoms with Gasteiger partial charge in [-0.1, -0.05) is 17.7 Å². The van der Waals surface area contributed by atoms with Gasteiger partial charge in [0.05, 0.1) is 26.6 Å². The minimum absolute atomic E-state index is 0.724. The lowest BCUT2D eigenvalue weighted by Gasteiger charge is -2.15. The fourth-order valence-corrected chi connectivity index (χ4v) is 1.70. The quantitative estimate of drug-likeness (QED) is 0.767. The van der Waals surface area contributed by atoms with Crippen LogP contribution < -0.4 is 15.8 Å². The number of nitrogens with one attached hydrogen (secondary N) is 2. The molecular weight excluding hydrogens is 212 g/mol. The summed E-state index contributed by atoms with van der Waals surface area (Å²) in [6.45, 7) is 5.85. The Hall–Kier alpha value is -0.673. The van der Waals surface area contributed by atoms with Crippen LogP contribution in [0.1, 0.15) is 13.8 Å². The normalized spacial score (nSPS) is 10.0. The summed E-state index contributed by atoms with van der Waals surface area (Å²) in [5.74, 6) is 0. The Balaban J connectivity index is 3.08. The number of rotatable bonds is 4. The van der Waals surface area contributed by atoms with Crippen molar-refractivity contribution in [3.8, 4) is 0 Å². The Kier molecular flexibility index (Phi) is 4.29. The first-order chi connectivity index (χ1) is 6.70. The minimum atomic E-state index is 0.724. The zero-order valence-corrected chi connectivity index (χ0v) is 10.2. The van der Waals surface area contributed by atoms with Crippen LogP contribution in [0.15, 0.2) is 12.1 Å². The first kappa shape index (κ1) is 11.4. The van der Waals surface area contributed by atoms with Gasteiger partial charge in [-0.3, -0.25) is 0 Å². The minimum Gasteiger partial charge on any atom is -0.384 e. The highest BCUT2D eigenvalue weighted by Gasteiger charge is 2.07. The van der Waals surface area contributed by atoms with Crippen molar-refractivity contribution < 1.29 is 0 Å². The van der Waals surface area contributed by atoms with E-state index in [9.17, 15) is 0 Å². The molecule has 0 spiro atoms. The summed E-state index contributed by atoms with van der Waals surface area (Å²) in [7, 11) is 3.45. The largest absolute Gasteiger partial charge is 0.384 e. The maximum atomic E-state index is 6.16. The Bertz CT molecular complexity index is 315. The zero-order chi connectivity index (χ0) is 10.6. The molecule has 14 heavy (non-hydrogen) atoms. The molecule has 4 heteroatoms. The number of hydrogen-bond donors (Lipinski definition) is 2. The second-order valence-electron chi connectivity index (χ2n) is 2.91. The predicted molar refractivity (Wildman–Crippen MR) is 65.2 cm³/mol. The average Bonchev–Trinajstić information content (AvgIpc) is 2.18. The SMILES string of the molecule is CCNc1ccc([Si])c(Cl)c1NCC. The Labute approximate surface area is 93.5 Å². The van der Waals surface area contributed by atoms with Crippen LogP contribution in [-0.2, 0) is 0 Å². The van der Waals surface area contributed by atoms with E-state index in [2.05, 4.69) is 27.8 Å². The van der Waals surface area contributed by atoms with Crippen LogP contribution in [0.2, 0.25) is 5.02 Å². The van der Waals surface area contributed by atoms with Gasteiger partial charge in [0, 0.05) is 13.1 Å². The lowest BCUT2D eigenvalue weighted by molar-refractivity contribution is 1.18. The monoisotopic (exact) mass is 225 g/mol. The van der Waals surface area contributed by atoms with Gasteiger partial charge in [0.15, 0.2) is 0 Å². The fourth-order valence-electron chi connectivity index (χ4n) is 1.26. The van der Waals surface area contributed by atoms with Gasteiger partial charge in [-0.05, 0) is 25.1 Å². The molecule has 0 heterocycles. The van der Waals surface area contributed by atoms with E-state index in [1.165, 1.54) is 0 Å². The summed E-state index contributed by atoms with van der Waals surface area (Å²) in [4.78, 5) is 0. The molecule has 2 N–H and O–H groups in total. The van der Waals surface area contributed by atoms with E-state index in [0.717, 1.165) is 34.7 Å². The van der Waals surface area contributed by atoms with Gasteiger partial charge in [-0.15, -0.1) is 0 Å². The van der Waals surface area contributed by atoms with Crippen molar-refractivity contribution in [1.82, 2.24) is 0 Å². The third-order valence-electron chi connectivity index (χ3n) is 1.86. The maximum absolute atomic E-state index is 6.16. The standard InChI is InChI=1S/C10H14ClN2Si/c1-3-12-7-5-6-8(14)9(11)10(7)13-4-2/h5-6,12-13H,3-4H2,1-2H3. The van der Waals surface area contributed by atoms with Crippen LogP contribution in [-0.4, -0.2) is 23.3 Å². The Morgan fingerprint density at radius 2 is 1.86 bits per heavy atom. The molecule has 3 radical (unpaired) electrons. The molecule has 0 aliphatic carbocycles. The van der Waals surface area contributed by atoms with Crippen LogP contribution in [0, 0.1) is 0 Å². The molecule has 0 bridgehead atoms. The zero-order valence-electron chi connectivity index (χ0n) is 8.45. The van der Waals surface area contributed by atoms with Crippen molar-refractivity contribution in [3.05, 3.63) is 17.2 Å². The third kappa shape index (κ3) is 2.42. The molecule has 0 aromatic heterocycles. The topological polar surface area (TPSA) is 24.1 Å². The van der Waals surface area contributed by atoms with Crippen LogP contribution in [0.25, 0.3) is 0 Å². The van der Waals surface area contributed by atoms with Gasteiger partial charge < -0.3 is 10.6 Å². The second kappa shape index (κ2) is 5.27. The van der Waals surface area contributed by atoms with Crippen molar-refractivity contribution in [1.29, 1.82) is 0 Å². The van der Waals surface area contributed by atoms with Gasteiger partial charge in [-0.2, -0.15) is 0 Å². The highest BCUT2D eigenvalue weighted by molar-refractivity contribution is 6.47. The Morgan fingerprint density at radius 1 is 1.21 bits per heavy atom. The lowest BCUT2D eigenvalue weighted by atomic mass is 10.2. The van der Waals surface area contributed by atoms with Crippen LogP contribution in [0.4, 0.5) is 11.4 Å². The lowest BCUT2D eigenvalue weighted by Crippen LogP contribution is -2.11. The summed E-state index contributed by atoms with van der Waals surface area (Å²) in [5, 5.41) is 8.14. The smallest absolute Gasteiger partial charge is 0.0763 e. The molecule has 2 nitrogen and oxygen atoms in total. The van der Waals surface area contributed by atoms with E-state index in [1.54, 1.807) is 0 Å². The van der Waals surface area contributed by atoms with Gasteiger partial charge >= 0.3 is 0 Å². The van der Waals surface area contributed by atoms with E-state index in [-0.39, 0.29) is 0 Å². The van der Waals surface area contributed by atoms with Crippen molar-refractivity contribution in [3.63, 3.8) is 0 Å². The first-order valence-corrected chi connectivity index (χ1v) is 5.60. The van der Waals surface area contributed by atoms with Gasteiger partial charge in [0.25, 0.3) is 0 Å². The molecule has 1 aromatic carbocycles. The van der Waals surface area contributed by atoms with Crippen molar-refractivity contribution in [2.45, 2.75) is 13.8 Å². The summed E-state index contributed by atoms with van der Waals surface area (Å²) in [5.41, 5.74) is 2.00. The molecule has 0 atom stereocenters. The second-order valence-corrected chi connectivity index (χ2v) is 3.83. The summed E-state index contributed by atoms with van der Waals surface area (Å²) in [6, 6.07) is 3.95. The van der Waals surface area contributed by atoms with Crippen molar-refractivity contribution in [2.24, 2.45) is 0 Å². The highest BCUT2D eigenvalue weighted by Crippen LogP contribution is 2.28. The number of halogens is 1. The summed E-state index contributed by atoms with van der Waals surface area (Å²) < 4.78 is 0. The van der Waals surface area contributed by atoms with Gasteiger partial charge in [-0.25, -0.2) is 0 Å². The first-order valence-electron chi connectivity index (χ1n) is 4.72. The number of anilines is 2. The molecule has 0 aliphatic heterocycles. The molecule has 0 aliphatic rings. The summed E-state index contributed by atoms with van der Waals surface area (Å²) >= 11 is 6.16. The third-order valence-corrected chi connectivity index (χ3v) is 2.83. The molecule has 0 unspecified atom stereocenters. The van der Waals surface area contributed by atoms with E-state index in [0.29, 0.717) is 0 Å². The fraction of sp³-hybridized carbons (Fsp3) is 0.400. The summed E-state index contributed by atoms with van der Waals surface area (Å²) in [6.07, 6.45) is 0. The van der Waals surface area contributed by atoms with Gasteiger partial charge in [0.1, 0.15) is 0 Å². The van der Waals surface area contributed by atoms with Crippen LogP contribution in [0.3, 0.4) is 0 Å². The van der Waals surface area contributed by atoms with Crippen molar-refractivity contribution in [2.75, 3.05) is 23.7 Å². The number of hydrogen-bond acceptors (Lipinski definition) is 2. The van der Waals surface area contributed by atoms with E-state index in [1.807, 2.05) is 19.1 Å². The predicted octanol–water partition coefficient (Wildman–Crippen LogP) is 2.00. The van der Waals surface area contributed by atoms with Gasteiger partial charge in [0.2, 0.25) is 0 Å². The van der Waals surface area contributed by atoms with Crippen molar-refractivity contribution >= 4 is 38.4 Å². The van der Waals surface area contributed by atoms with E-state index in [4.69, 9.17) is 11.6 Å². The Morgan fingerprint density at radius 3 is 2.43 bits per heavy atom. The molecule has 0 saturated heterocycles. The van der Waals surface area contributed by atoms with E-state index >= 15 is 0 Å². The molecule has 0 fully saturated rings. The maximum Gasteiger partial charge on any atom is 0.0763 e. The van der Waals surface area contributed by atoms with Crippen LogP contribution >= 0.6 is 11.6 Å². The average molecular weight is 226 g/mol. The molecule has 75 valence electrons. The molecule has 0 amide bonds. The number of benzene rings is 1. The highest BCUT2D eigenvalue weighted by atomic mass is 35.5. The van der Waals surface area contributed by atoms with E-state index < -0.39 is 0 Å². The molecule has 1 aromatic rings. The molecule has 1 rings (SSSR count). The molecular formula is C10H14ClN2Si.